The molecule has 2 saturated heterocycles. The first-order valence-corrected chi connectivity index (χ1v) is 10.6. The van der Waals surface area contributed by atoms with Crippen LogP contribution in [0.4, 0.5) is 8.78 Å². The number of carbonyl (C=O) groups excluding carboxylic acids is 2. The van der Waals surface area contributed by atoms with Crippen molar-refractivity contribution in [3.63, 3.8) is 0 Å². The Morgan fingerprint density at radius 3 is 2.55 bits per heavy atom. The van der Waals surface area contributed by atoms with E-state index in [-0.39, 0.29) is 24.3 Å². The van der Waals surface area contributed by atoms with Gasteiger partial charge in [0, 0.05) is 32.5 Å². The summed E-state index contributed by atoms with van der Waals surface area (Å²) in [6.45, 7) is 6.07. The topological polar surface area (TPSA) is 58.4 Å². The molecule has 29 heavy (non-hydrogen) atoms. The zero-order valence-corrected chi connectivity index (χ0v) is 17.9. The van der Waals surface area contributed by atoms with Gasteiger partial charge in [-0.05, 0) is 38.7 Å². The van der Waals surface area contributed by atoms with E-state index in [1.165, 1.54) is 4.90 Å². The first-order valence-electron chi connectivity index (χ1n) is 10.6. The number of aryl methyl sites for hydroxylation is 2. The third kappa shape index (κ3) is 4.31. The van der Waals surface area contributed by atoms with Gasteiger partial charge in [0.15, 0.2) is 0 Å². The standard InChI is InChI=1S/C21H32F2N4O2/c1-5-16(6-2)18(28)27-13-20(12-21(22,23)14-27)8-7-9-26(19(20)29)11-17-10-15(3)24-25(17)4/h10,16H,5-9,11-14H2,1-4H3/t20-/m1/s1. The van der Waals surface area contributed by atoms with Gasteiger partial charge >= 0.3 is 0 Å². The molecule has 1 aromatic rings. The van der Waals surface area contributed by atoms with E-state index in [9.17, 15) is 18.4 Å². The maximum atomic E-state index is 14.7. The van der Waals surface area contributed by atoms with Gasteiger partial charge in [-0.1, -0.05) is 13.8 Å². The fraction of sp³-hybridized carbons (Fsp3) is 0.762. The van der Waals surface area contributed by atoms with Crippen LogP contribution in [0.25, 0.3) is 0 Å². The fourth-order valence-corrected chi connectivity index (χ4v) is 4.98. The molecular weight excluding hydrogens is 378 g/mol. The largest absolute Gasteiger partial charge is 0.336 e. The summed E-state index contributed by atoms with van der Waals surface area (Å²) < 4.78 is 31.2. The van der Waals surface area contributed by atoms with Crippen LogP contribution in [0.3, 0.4) is 0 Å². The van der Waals surface area contributed by atoms with Crippen molar-refractivity contribution in [2.45, 2.75) is 65.3 Å². The SMILES string of the molecule is CCC(CC)C(=O)N1CC(F)(F)C[C@]2(CCCN(Cc3cc(C)nn3C)C2=O)C1. The lowest BCUT2D eigenvalue weighted by atomic mass is 9.71. The number of carbonyl (C=O) groups is 2. The first-order chi connectivity index (χ1) is 13.6. The molecule has 2 aliphatic heterocycles. The second-order valence-electron chi connectivity index (χ2n) is 8.75. The van der Waals surface area contributed by atoms with E-state index in [0.717, 1.165) is 11.4 Å². The van der Waals surface area contributed by atoms with E-state index in [0.29, 0.717) is 38.8 Å². The highest BCUT2D eigenvalue weighted by Crippen LogP contribution is 2.45. The Morgan fingerprint density at radius 1 is 1.28 bits per heavy atom. The molecule has 0 radical (unpaired) electrons. The Hall–Kier alpha value is -1.99. The minimum absolute atomic E-state index is 0.0949. The average molecular weight is 411 g/mol. The van der Waals surface area contributed by atoms with Crippen LogP contribution in [-0.2, 0) is 23.2 Å². The monoisotopic (exact) mass is 410 g/mol. The number of hydrogen-bond acceptors (Lipinski definition) is 3. The van der Waals surface area contributed by atoms with Crippen molar-refractivity contribution < 1.29 is 18.4 Å². The Morgan fingerprint density at radius 2 is 1.97 bits per heavy atom. The molecule has 162 valence electrons. The van der Waals surface area contributed by atoms with E-state index in [1.807, 2.05) is 33.9 Å². The Balaban J connectivity index is 1.85. The number of aromatic nitrogens is 2. The van der Waals surface area contributed by atoms with Gasteiger partial charge in [0.05, 0.1) is 29.9 Å². The van der Waals surface area contributed by atoms with Gasteiger partial charge < -0.3 is 9.80 Å². The predicted molar refractivity (Wildman–Crippen MR) is 105 cm³/mol. The van der Waals surface area contributed by atoms with Crippen molar-refractivity contribution in [3.05, 3.63) is 17.5 Å². The van der Waals surface area contributed by atoms with Crippen molar-refractivity contribution in [3.8, 4) is 0 Å². The molecule has 0 N–H and O–H groups in total. The van der Waals surface area contributed by atoms with Crippen LogP contribution in [0, 0.1) is 18.3 Å². The highest BCUT2D eigenvalue weighted by atomic mass is 19.3. The third-order valence-corrected chi connectivity index (χ3v) is 6.44. The molecule has 3 heterocycles. The number of piperidine rings is 2. The zero-order chi connectivity index (χ0) is 21.4. The van der Waals surface area contributed by atoms with Crippen LogP contribution in [0.1, 0.15) is 57.3 Å². The molecule has 0 bridgehead atoms. The van der Waals surface area contributed by atoms with Gasteiger partial charge in [0.2, 0.25) is 11.8 Å². The van der Waals surface area contributed by atoms with Gasteiger partial charge in [0.1, 0.15) is 0 Å². The normalized spacial score (nSPS) is 24.6. The number of alkyl halides is 2. The molecule has 2 fully saturated rings. The number of halogens is 2. The van der Waals surface area contributed by atoms with Gasteiger partial charge in [-0.25, -0.2) is 8.78 Å². The van der Waals surface area contributed by atoms with Crippen molar-refractivity contribution >= 4 is 11.8 Å². The molecule has 0 aromatic carbocycles. The van der Waals surface area contributed by atoms with Gasteiger partial charge in [-0.15, -0.1) is 0 Å². The second kappa shape index (κ2) is 8.03. The van der Waals surface area contributed by atoms with E-state index >= 15 is 0 Å². The van der Waals surface area contributed by atoms with Crippen LogP contribution < -0.4 is 0 Å². The van der Waals surface area contributed by atoms with Gasteiger partial charge in [0.25, 0.3) is 5.92 Å². The third-order valence-electron chi connectivity index (χ3n) is 6.44. The summed E-state index contributed by atoms with van der Waals surface area (Å²) in [6.07, 6.45) is 1.81. The molecule has 1 atom stereocenters. The summed E-state index contributed by atoms with van der Waals surface area (Å²) in [5.41, 5.74) is 0.531. The van der Waals surface area contributed by atoms with E-state index in [2.05, 4.69) is 5.10 Å². The van der Waals surface area contributed by atoms with Crippen LogP contribution in [0.5, 0.6) is 0 Å². The lowest BCUT2D eigenvalue weighted by Gasteiger charge is -2.49. The Kier molecular flexibility index (Phi) is 6.01. The molecule has 6 nitrogen and oxygen atoms in total. The molecule has 0 unspecified atom stereocenters. The summed E-state index contributed by atoms with van der Waals surface area (Å²) in [7, 11) is 1.82. The Bertz CT molecular complexity index is 775. The van der Waals surface area contributed by atoms with Crippen molar-refractivity contribution in [2.75, 3.05) is 19.6 Å². The first kappa shape index (κ1) is 21.7. The van der Waals surface area contributed by atoms with Gasteiger partial charge in [-0.2, -0.15) is 5.10 Å². The molecule has 3 rings (SSSR count). The summed E-state index contributed by atoms with van der Waals surface area (Å²) in [6, 6.07) is 1.91. The number of nitrogens with zero attached hydrogens (tertiary/aromatic N) is 4. The lowest BCUT2D eigenvalue weighted by Crippen LogP contribution is -2.62. The van der Waals surface area contributed by atoms with E-state index in [1.54, 1.807) is 9.58 Å². The summed E-state index contributed by atoms with van der Waals surface area (Å²) >= 11 is 0. The number of hydrogen-bond donors (Lipinski definition) is 0. The van der Waals surface area contributed by atoms with Crippen molar-refractivity contribution in [2.24, 2.45) is 18.4 Å². The molecule has 1 spiro atoms. The lowest BCUT2D eigenvalue weighted by molar-refractivity contribution is -0.176. The second-order valence-corrected chi connectivity index (χ2v) is 8.75. The maximum absolute atomic E-state index is 14.7. The molecule has 2 amide bonds. The minimum atomic E-state index is -3.05. The molecule has 0 saturated carbocycles. The highest BCUT2D eigenvalue weighted by molar-refractivity contribution is 5.86. The summed E-state index contributed by atoms with van der Waals surface area (Å²) in [4.78, 5) is 29.2. The minimum Gasteiger partial charge on any atom is -0.336 e. The Labute approximate surface area is 171 Å². The van der Waals surface area contributed by atoms with Crippen LogP contribution in [-0.4, -0.2) is 57.0 Å². The number of rotatable bonds is 5. The van der Waals surface area contributed by atoms with E-state index in [4.69, 9.17) is 0 Å². The average Bonchev–Trinajstić information content (AvgIpc) is 2.96. The molecule has 1 aromatic heterocycles. The smallest absolute Gasteiger partial charge is 0.266 e. The predicted octanol–water partition coefficient (Wildman–Crippen LogP) is 3.14. The highest BCUT2D eigenvalue weighted by Gasteiger charge is 2.56. The zero-order valence-electron chi connectivity index (χ0n) is 17.9. The molecule has 8 heteroatoms. The quantitative estimate of drug-likeness (QED) is 0.749. The van der Waals surface area contributed by atoms with Crippen LogP contribution in [0.15, 0.2) is 6.07 Å². The van der Waals surface area contributed by atoms with Gasteiger partial charge in [-0.3, -0.25) is 14.3 Å². The number of likely N-dealkylation sites (tertiary alicyclic amines) is 2. The van der Waals surface area contributed by atoms with Crippen LogP contribution >= 0.6 is 0 Å². The fourth-order valence-electron chi connectivity index (χ4n) is 4.98. The summed E-state index contributed by atoms with van der Waals surface area (Å²) in [5, 5.41) is 4.31. The van der Waals surface area contributed by atoms with E-state index < -0.39 is 24.3 Å². The number of amides is 2. The molecule has 0 aliphatic carbocycles. The van der Waals surface area contributed by atoms with Crippen molar-refractivity contribution in [1.82, 2.24) is 19.6 Å². The molecule has 2 aliphatic rings. The molecular formula is C21H32F2N4O2. The maximum Gasteiger partial charge on any atom is 0.266 e. The van der Waals surface area contributed by atoms with Crippen LogP contribution in [0.2, 0.25) is 0 Å². The van der Waals surface area contributed by atoms with Crippen molar-refractivity contribution in [1.29, 1.82) is 0 Å². The summed E-state index contributed by atoms with van der Waals surface area (Å²) in [5.74, 6) is -3.83.